The average Bonchev–Trinajstić information content (AvgIpc) is 3.37. The van der Waals surface area contributed by atoms with Crippen LogP contribution in [0.25, 0.3) is 16.9 Å². The SMILES string of the molecule is N#Cc1cc(-c2cncc3nc(Cc4ccc(N5CCOCC5)cc4)nn23)ccc1OC1CCOCC1. The van der Waals surface area contributed by atoms with E-state index in [-0.39, 0.29) is 6.10 Å². The van der Waals surface area contributed by atoms with E-state index >= 15 is 0 Å². The molecular formula is C28H28N6O3. The second-order valence-corrected chi connectivity index (χ2v) is 9.29. The Labute approximate surface area is 215 Å². The Bertz CT molecular complexity index is 1420. The summed E-state index contributed by atoms with van der Waals surface area (Å²) in [5.74, 6) is 1.31. The lowest BCUT2D eigenvalue weighted by molar-refractivity contribution is 0.0254. The van der Waals surface area contributed by atoms with Crippen molar-refractivity contribution in [1.29, 1.82) is 5.26 Å². The number of fused-ring (bicyclic) bond motifs is 1. The molecule has 0 saturated carbocycles. The quantitative estimate of drug-likeness (QED) is 0.399. The van der Waals surface area contributed by atoms with Gasteiger partial charge < -0.3 is 19.1 Å². The molecule has 9 heteroatoms. The molecule has 188 valence electrons. The summed E-state index contributed by atoms with van der Waals surface area (Å²) in [7, 11) is 0. The van der Waals surface area contributed by atoms with Crippen LogP contribution in [0.3, 0.4) is 0 Å². The predicted molar refractivity (Wildman–Crippen MR) is 138 cm³/mol. The van der Waals surface area contributed by atoms with Crippen molar-refractivity contribution in [2.45, 2.75) is 25.4 Å². The molecule has 0 spiro atoms. The van der Waals surface area contributed by atoms with E-state index in [9.17, 15) is 5.26 Å². The number of benzene rings is 2. The van der Waals surface area contributed by atoms with E-state index in [0.29, 0.717) is 42.4 Å². The highest BCUT2D eigenvalue weighted by Crippen LogP contribution is 2.28. The molecule has 2 saturated heterocycles. The van der Waals surface area contributed by atoms with Crippen molar-refractivity contribution in [3.05, 3.63) is 71.8 Å². The first-order chi connectivity index (χ1) is 18.3. The maximum Gasteiger partial charge on any atom is 0.174 e. The number of aromatic nitrogens is 4. The summed E-state index contributed by atoms with van der Waals surface area (Å²) in [6.45, 7) is 4.74. The Morgan fingerprint density at radius 2 is 1.76 bits per heavy atom. The van der Waals surface area contributed by atoms with Gasteiger partial charge in [0.1, 0.15) is 17.9 Å². The van der Waals surface area contributed by atoms with E-state index in [4.69, 9.17) is 24.3 Å². The van der Waals surface area contributed by atoms with Gasteiger partial charge in [-0.1, -0.05) is 12.1 Å². The van der Waals surface area contributed by atoms with Crippen molar-refractivity contribution in [2.24, 2.45) is 0 Å². The van der Waals surface area contributed by atoms with Gasteiger partial charge in [-0.3, -0.25) is 4.98 Å². The second kappa shape index (κ2) is 10.5. The topological polar surface area (TPSA) is 97.8 Å². The average molecular weight is 497 g/mol. The molecule has 0 N–H and O–H groups in total. The van der Waals surface area contributed by atoms with Gasteiger partial charge in [0.25, 0.3) is 0 Å². The summed E-state index contributed by atoms with van der Waals surface area (Å²) >= 11 is 0. The number of nitrogens with zero attached hydrogens (tertiary/aromatic N) is 6. The number of rotatable bonds is 6. The largest absolute Gasteiger partial charge is 0.489 e. The molecule has 0 bridgehead atoms. The van der Waals surface area contributed by atoms with Crippen LogP contribution < -0.4 is 9.64 Å². The van der Waals surface area contributed by atoms with E-state index in [1.54, 1.807) is 16.9 Å². The van der Waals surface area contributed by atoms with Crippen molar-refractivity contribution in [1.82, 2.24) is 19.6 Å². The molecule has 4 heterocycles. The highest BCUT2D eigenvalue weighted by atomic mass is 16.5. The van der Waals surface area contributed by atoms with E-state index in [0.717, 1.165) is 56.0 Å². The van der Waals surface area contributed by atoms with Gasteiger partial charge in [0.05, 0.1) is 50.1 Å². The molecular weight excluding hydrogens is 468 g/mol. The fourth-order valence-corrected chi connectivity index (χ4v) is 4.81. The van der Waals surface area contributed by atoms with Gasteiger partial charge in [-0.05, 0) is 35.9 Å². The normalized spacial score (nSPS) is 16.6. The monoisotopic (exact) mass is 496 g/mol. The maximum atomic E-state index is 9.79. The van der Waals surface area contributed by atoms with Crippen LogP contribution >= 0.6 is 0 Å². The molecule has 37 heavy (non-hydrogen) atoms. The van der Waals surface area contributed by atoms with E-state index < -0.39 is 0 Å². The summed E-state index contributed by atoms with van der Waals surface area (Å²) < 4.78 is 18.8. The molecule has 2 aliphatic rings. The Hall–Kier alpha value is -4.00. The molecule has 0 atom stereocenters. The number of nitriles is 1. The van der Waals surface area contributed by atoms with Gasteiger partial charge in [0.15, 0.2) is 11.5 Å². The summed E-state index contributed by atoms with van der Waals surface area (Å²) in [5.41, 5.74) is 5.11. The molecule has 0 unspecified atom stereocenters. The first-order valence-electron chi connectivity index (χ1n) is 12.7. The van der Waals surface area contributed by atoms with Gasteiger partial charge in [0, 0.05) is 43.6 Å². The molecule has 2 fully saturated rings. The zero-order valence-corrected chi connectivity index (χ0v) is 20.5. The molecule has 2 aliphatic heterocycles. The summed E-state index contributed by atoms with van der Waals surface area (Å²) in [4.78, 5) is 11.4. The van der Waals surface area contributed by atoms with Crippen LogP contribution in [0.5, 0.6) is 5.75 Å². The van der Waals surface area contributed by atoms with E-state index in [1.165, 1.54) is 5.69 Å². The van der Waals surface area contributed by atoms with Crippen molar-refractivity contribution in [3.8, 4) is 23.1 Å². The van der Waals surface area contributed by atoms with Crippen LogP contribution in [-0.2, 0) is 15.9 Å². The molecule has 0 radical (unpaired) electrons. The lowest BCUT2D eigenvalue weighted by atomic mass is 10.1. The first kappa shape index (κ1) is 23.4. The third-order valence-corrected chi connectivity index (χ3v) is 6.82. The van der Waals surface area contributed by atoms with Gasteiger partial charge in [0.2, 0.25) is 0 Å². The van der Waals surface area contributed by atoms with Gasteiger partial charge in [-0.25, -0.2) is 9.50 Å². The number of morpholine rings is 1. The summed E-state index contributed by atoms with van der Waals surface area (Å²) in [6.07, 6.45) is 5.79. The van der Waals surface area contributed by atoms with Crippen LogP contribution in [0.4, 0.5) is 5.69 Å². The molecule has 0 amide bonds. The summed E-state index contributed by atoms with van der Waals surface area (Å²) in [5, 5.41) is 14.6. The van der Waals surface area contributed by atoms with E-state index in [2.05, 4.69) is 40.2 Å². The number of anilines is 1. The van der Waals surface area contributed by atoms with Crippen molar-refractivity contribution < 1.29 is 14.2 Å². The Morgan fingerprint density at radius 3 is 2.54 bits per heavy atom. The Kier molecular flexibility index (Phi) is 6.67. The standard InChI is InChI=1S/C28H28N6O3/c29-17-22-16-21(3-6-26(22)37-24-7-11-35-12-8-24)25-18-30-19-28-31-27(32-34(25)28)15-20-1-4-23(5-2-20)33-9-13-36-14-10-33/h1-6,16,18-19,24H,7-15H2. The van der Waals surface area contributed by atoms with Gasteiger partial charge in [-0.15, -0.1) is 0 Å². The fourth-order valence-electron chi connectivity index (χ4n) is 4.81. The molecule has 6 rings (SSSR count). The highest BCUT2D eigenvalue weighted by molar-refractivity contribution is 5.65. The third-order valence-electron chi connectivity index (χ3n) is 6.82. The zero-order chi connectivity index (χ0) is 25.0. The lowest BCUT2D eigenvalue weighted by Crippen LogP contribution is -2.36. The maximum absolute atomic E-state index is 9.79. The minimum absolute atomic E-state index is 0.0672. The lowest BCUT2D eigenvalue weighted by Gasteiger charge is -2.28. The highest BCUT2D eigenvalue weighted by Gasteiger charge is 2.18. The van der Waals surface area contributed by atoms with Crippen LogP contribution in [0.1, 0.15) is 29.8 Å². The number of ether oxygens (including phenoxy) is 3. The van der Waals surface area contributed by atoms with Gasteiger partial charge in [-0.2, -0.15) is 10.4 Å². The summed E-state index contributed by atoms with van der Waals surface area (Å²) in [6, 6.07) is 16.5. The van der Waals surface area contributed by atoms with Crippen molar-refractivity contribution in [3.63, 3.8) is 0 Å². The van der Waals surface area contributed by atoms with Crippen LogP contribution in [0, 0.1) is 11.3 Å². The third kappa shape index (κ3) is 5.12. The molecule has 9 nitrogen and oxygen atoms in total. The second-order valence-electron chi connectivity index (χ2n) is 9.29. The molecule has 4 aromatic rings. The Balaban J connectivity index is 1.23. The van der Waals surface area contributed by atoms with Crippen molar-refractivity contribution >= 4 is 11.3 Å². The van der Waals surface area contributed by atoms with Crippen LogP contribution in [0.2, 0.25) is 0 Å². The molecule has 2 aromatic carbocycles. The minimum atomic E-state index is 0.0672. The Morgan fingerprint density at radius 1 is 0.973 bits per heavy atom. The van der Waals surface area contributed by atoms with E-state index in [1.807, 2.05) is 18.2 Å². The fraction of sp³-hybridized carbons (Fsp3) is 0.357. The minimum Gasteiger partial charge on any atom is -0.489 e. The number of hydrogen-bond acceptors (Lipinski definition) is 8. The van der Waals surface area contributed by atoms with Crippen LogP contribution in [0.15, 0.2) is 54.9 Å². The molecule has 0 aliphatic carbocycles. The van der Waals surface area contributed by atoms with Gasteiger partial charge >= 0.3 is 0 Å². The smallest absolute Gasteiger partial charge is 0.174 e. The number of hydrogen-bond donors (Lipinski definition) is 0. The first-order valence-corrected chi connectivity index (χ1v) is 12.7. The van der Waals surface area contributed by atoms with Crippen LogP contribution in [-0.4, -0.2) is 65.2 Å². The molecule has 2 aromatic heterocycles. The zero-order valence-electron chi connectivity index (χ0n) is 20.5. The predicted octanol–water partition coefficient (Wildman–Crippen LogP) is 3.65. The van der Waals surface area contributed by atoms with Crippen molar-refractivity contribution in [2.75, 3.05) is 44.4 Å².